The molecular formula is C16H19F2N3O2. The number of H-pyrrole nitrogens is 1. The molecule has 1 amide bonds. The number of benzene rings is 1. The maximum atomic E-state index is 12.4. The summed E-state index contributed by atoms with van der Waals surface area (Å²) in [5.74, 6) is 0.203. The van der Waals surface area contributed by atoms with Crippen LogP contribution in [-0.4, -0.2) is 29.3 Å². The highest BCUT2D eigenvalue weighted by atomic mass is 19.3. The Balaban J connectivity index is 1.72. The van der Waals surface area contributed by atoms with Gasteiger partial charge in [0.25, 0.3) is 12.3 Å². The van der Waals surface area contributed by atoms with E-state index in [1.165, 1.54) is 5.56 Å². The van der Waals surface area contributed by atoms with Gasteiger partial charge in [0.2, 0.25) is 0 Å². The van der Waals surface area contributed by atoms with Gasteiger partial charge in [-0.15, -0.1) is 0 Å². The molecule has 0 radical (unpaired) electrons. The zero-order chi connectivity index (χ0) is 16.7. The molecule has 23 heavy (non-hydrogen) atoms. The highest BCUT2D eigenvalue weighted by Gasteiger charge is 2.15. The van der Waals surface area contributed by atoms with Crippen molar-refractivity contribution >= 4 is 5.91 Å². The van der Waals surface area contributed by atoms with E-state index >= 15 is 0 Å². The minimum absolute atomic E-state index is 0.0655. The molecule has 1 heterocycles. The molecule has 0 saturated heterocycles. The van der Waals surface area contributed by atoms with Gasteiger partial charge in [0, 0.05) is 0 Å². The molecule has 5 nitrogen and oxygen atoms in total. The summed E-state index contributed by atoms with van der Waals surface area (Å²) in [6.45, 7) is 2.66. The lowest BCUT2D eigenvalue weighted by molar-refractivity contribution is 0.0942. The summed E-state index contributed by atoms with van der Waals surface area (Å²) in [5.41, 5.74) is 0.810. The number of rotatable bonds is 8. The molecule has 0 saturated carbocycles. The van der Waals surface area contributed by atoms with Crippen molar-refractivity contribution in [2.45, 2.75) is 26.2 Å². The Bertz CT molecular complexity index is 627. The third-order valence-corrected chi connectivity index (χ3v) is 3.18. The summed E-state index contributed by atoms with van der Waals surface area (Å²) in [5, 5.41) is 8.23. The molecule has 0 aliphatic heterocycles. The maximum absolute atomic E-state index is 12.4. The number of carbonyl (C=O) groups excluding carboxylic acids is 1. The first-order chi connectivity index (χ1) is 11.1. The van der Waals surface area contributed by atoms with Gasteiger partial charge in [-0.05, 0) is 30.2 Å². The predicted molar refractivity (Wildman–Crippen MR) is 81.8 cm³/mol. The zero-order valence-electron chi connectivity index (χ0n) is 12.8. The van der Waals surface area contributed by atoms with E-state index in [0.29, 0.717) is 0 Å². The number of aromatic amines is 1. The van der Waals surface area contributed by atoms with Crippen LogP contribution in [0.1, 0.15) is 41.5 Å². The first kappa shape index (κ1) is 16.9. The second-order valence-corrected chi connectivity index (χ2v) is 5.01. The minimum atomic E-state index is -2.68. The molecule has 2 aromatic rings. The van der Waals surface area contributed by atoms with E-state index in [2.05, 4.69) is 22.4 Å². The monoisotopic (exact) mass is 323 g/mol. The third kappa shape index (κ3) is 5.05. The summed E-state index contributed by atoms with van der Waals surface area (Å²) in [7, 11) is 0. The molecule has 1 aromatic heterocycles. The van der Waals surface area contributed by atoms with Gasteiger partial charge in [0.05, 0.1) is 6.54 Å². The highest BCUT2D eigenvalue weighted by Crippen LogP contribution is 2.16. The van der Waals surface area contributed by atoms with E-state index < -0.39 is 12.3 Å². The van der Waals surface area contributed by atoms with Crippen LogP contribution in [-0.2, 0) is 6.42 Å². The van der Waals surface area contributed by atoms with Crippen molar-refractivity contribution in [3.8, 4) is 5.75 Å². The molecule has 2 N–H and O–H groups in total. The van der Waals surface area contributed by atoms with Crippen molar-refractivity contribution in [2.75, 3.05) is 13.2 Å². The van der Waals surface area contributed by atoms with Crippen molar-refractivity contribution in [3.05, 3.63) is 47.3 Å². The van der Waals surface area contributed by atoms with E-state index in [9.17, 15) is 13.6 Å². The first-order valence-corrected chi connectivity index (χ1v) is 7.43. The Morgan fingerprint density at radius 2 is 2.09 bits per heavy atom. The Hall–Kier alpha value is -2.44. The van der Waals surface area contributed by atoms with Gasteiger partial charge in [0.1, 0.15) is 23.7 Å². The smallest absolute Gasteiger partial charge is 0.279 e. The van der Waals surface area contributed by atoms with Gasteiger partial charge in [-0.3, -0.25) is 9.89 Å². The van der Waals surface area contributed by atoms with Crippen molar-refractivity contribution < 1.29 is 18.3 Å². The average molecular weight is 323 g/mol. The molecule has 2 rings (SSSR count). The maximum Gasteiger partial charge on any atom is 0.279 e. The van der Waals surface area contributed by atoms with Crippen LogP contribution in [0.3, 0.4) is 0 Å². The number of aromatic nitrogens is 2. The van der Waals surface area contributed by atoms with Crippen LogP contribution in [0.15, 0.2) is 30.3 Å². The Labute approximate surface area is 133 Å². The Kier molecular flexibility index (Phi) is 6.08. The van der Waals surface area contributed by atoms with Crippen LogP contribution in [0, 0.1) is 0 Å². The summed E-state index contributed by atoms with van der Waals surface area (Å²) in [6, 6.07) is 8.82. The fourth-order valence-electron chi connectivity index (χ4n) is 2.03. The molecule has 0 bridgehead atoms. The first-order valence-electron chi connectivity index (χ1n) is 7.43. The number of aryl methyl sites for hydroxylation is 1. The number of carbonyl (C=O) groups is 1. The molecule has 0 unspecified atom stereocenters. The average Bonchev–Trinajstić information content (AvgIpc) is 3.03. The molecule has 0 fully saturated rings. The van der Waals surface area contributed by atoms with Crippen LogP contribution in [0.4, 0.5) is 8.78 Å². The lowest BCUT2D eigenvalue weighted by atomic mass is 10.1. The van der Waals surface area contributed by atoms with Crippen LogP contribution in [0.25, 0.3) is 0 Å². The molecule has 0 aliphatic rings. The van der Waals surface area contributed by atoms with Gasteiger partial charge in [0.15, 0.2) is 0 Å². The van der Waals surface area contributed by atoms with Crippen LogP contribution in [0.2, 0.25) is 0 Å². The predicted octanol–water partition coefficient (Wildman–Crippen LogP) is 3.11. The van der Waals surface area contributed by atoms with Gasteiger partial charge >= 0.3 is 0 Å². The van der Waals surface area contributed by atoms with Crippen LogP contribution >= 0.6 is 0 Å². The quantitative estimate of drug-likeness (QED) is 0.734. The summed E-state index contributed by atoms with van der Waals surface area (Å²) in [6.07, 6.45) is -0.559. The Morgan fingerprint density at radius 3 is 2.70 bits per heavy atom. The van der Waals surface area contributed by atoms with E-state index in [1.807, 2.05) is 24.3 Å². The number of amides is 1. The van der Waals surface area contributed by atoms with E-state index in [4.69, 9.17) is 4.74 Å². The summed E-state index contributed by atoms with van der Waals surface area (Å²) < 4.78 is 30.3. The molecule has 7 heteroatoms. The number of nitrogens with one attached hydrogen (secondary N) is 2. The Morgan fingerprint density at radius 1 is 1.35 bits per heavy atom. The standard InChI is InChI=1S/C16H19F2N3O2/c1-2-3-11-4-6-12(7-5-11)23-9-8-19-16(22)14-10-13(15(17)18)20-21-14/h4-7,10,15H,2-3,8-9H2,1H3,(H,19,22)(H,20,21). The molecule has 0 spiro atoms. The third-order valence-electron chi connectivity index (χ3n) is 3.18. The summed E-state index contributed by atoms with van der Waals surface area (Å²) >= 11 is 0. The van der Waals surface area contributed by atoms with E-state index in [0.717, 1.165) is 24.7 Å². The lowest BCUT2D eigenvalue weighted by Crippen LogP contribution is -2.28. The largest absolute Gasteiger partial charge is 0.492 e. The molecular weight excluding hydrogens is 304 g/mol. The molecule has 124 valence electrons. The second kappa shape index (κ2) is 8.26. The number of nitrogens with zero attached hydrogens (tertiary/aromatic N) is 1. The molecule has 1 aromatic carbocycles. The minimum Gasteiger partial charge on any atom is -0.492 e. The second-order valence-electron chi connectivity index (χ2n) is 5.01. The number of hydrogen-bond acceptors (Lipinski definition) is 3. The van der Waals surface area contributed by atoms with Crippen molar-refractivity contribution in [2.24, 2.45) is 0 Å². The SMILES string of the molecule is CCCc1ccc(OCCNC(=O)c2cc(C(F)F)[nH]n2)cc1. The zero-order valence-corrected chi connectivity index (χ0v) is 12.8. The van der Waals surface area contributed by atoms with Crippen molar-refractivity contribution in [1.82, 2.24) is 15.5 Å². The van der Waals surface area contributed by atoms with E-state index in [1.54, 1.807) is 0 Å². The van der Waals surface area contributed by atoms with Crippen molar-refractivity contribution in [1.29, 1.82) is 0 Å². The van der Waals surface area contributed by atoms with Gasteiger partial charge in [-0.2, -0.15) is 5.10 Å². The number of hydrogen-bond donors (Lipinski definition) is 2. The molecule has 0 aliphatic carbocycles. The fraction of sp³-hybridized carbons (Fsp3) is 0.375. The number of ether oxygens (including phenoxy) is 1. The van der Waals surface area contributed by atoms with Gasteiger partial charge in [-0.25, -0.2) is 8.78 Å². The molecule has 0 atom stereocenters. The summed E-state index contributed by atoms with van der Waals surface area (Å²) in [4.78, 5) is 11.7. The number of halogens is 2. The lowest BCUT2D eigenvalue weighted by Gasteiger charge is -2.07. The van der Waals surface area contributed by atoms with Crippen LogP contribution < -0.4 is 10.1 Å². The fourth-order valence-corrected chi connectivity index (χ4v) is 2.03. The normalized spacial score (nSPS) is 10.8. The van der Waals surface area contributed by atoms with Crippen LogP contribution in [0.5, 0.6) is 5.75 Å². The topological polar surface area (TPSA) is 67.0 Å². The van der Waals surface area contributed by atoms with E-state index in [-0.39, 0.29) is 24.5 Å². The van der Waals surface area contributed by atoms with Crippen molar-refractivity contribution in [3.63, 3.8) is 0 Å². The van der Waals surface area contributed by atoms with Gasteiger partial charge in [-0.1, -0.05) is 25.5 Å². The van der Waals surface area contributed by atoms with Gasteiger partial charge < -0.3 is 10.1 Å². The number of alkyl halides is 2. The highest BCUT2D eigenvalue weighted by molar-refractivity contribution is 5.92.